The molecule has 0 bridgehead atoms. The molecule has 1 aromatic heterocycles. The van der Waals surface area contributed by atoms with Gasteiger partial charge in [0.1, 0.15) is 0 Å². The van der Waals surface area contributed by atoms with Crippen LogP contribution in [0.1, 0.15) is 41.5 Å². The molecule has 9 nitrogen and oxygen atoms in total. The van der Waals surface area contributed by atoms with Crippen LogP contribution in [0, 0.1) is 17.6 Å². The van der Waals surface area contributed by atoms with Gasteiger partial charge in [0.05, 0.1) is 29.8 Å². The van der Waals surface area contributed by atoms with Crippen molar-refractivity contribution < 1.29 is 36.3 Å². The molecular weight excluding hydrogens is 527 g/mol. The molecule has 210 valence electrons. The van der Waals surface area contributed by atoms with Crippen LogP contribution in [0.2, 0.25) is 0 Å². The van der Waals surface area contributed by atoms with E-state index in [0.717, 1.165) is 35.0 Å². The Labute approximate surface area is 220 Å². The van der Waals surface area contributed by atoms with Crippen molar-refractivity contribution in [1.82, 2.24) is 15.1 Å². The molecule has 3 rings (SSSR count). The minimum absolute atomic E-state index is 0.0986. The number of anilines is 1. The zero-order valence-electron chi connectivity index (χ0n) is 21.4. The second kappa shape index (κ2) is 11.9. The number of fused-ring (bicyclic) bond motifs is 1. The fourth-order valence-electron chi connectivity index (χ4n) is 3.50. The van der Waals surface area contributed by atoms with E-state index in [2.05, 4.69) is 20.7 Å². The van der Waals surface area contributed by atoms with Crippen molar-refractivity contribution in [2.45, 2.75) is 39.0 Å². The van der Waals surface area contributed by atoms with Crippen LogP contribution in [-0.4, -0.2) is 53.4 Å². The summed E-state index contributed by atoms with van der Waals surface area (Å²) in [6.07, 6.45) is -4.69. The third-order valence-corrected chi connectivity index (χ3v) is 5.63. The highest BCUT2D eigenvalue weighted by Gasteiger charge is 2.32. The lowest BCUT2D eigenvalue weighted by molar-refractivity contribution is -0.137. The zero-order valence-corrected chi connectivity index (χ0v) is 21.4. The number of carbonyl (C=O) groups is 2. The molecular formula is C25H27F5N6O3. The summed E-state index contributed by atoms with van der Waals surface area (Å²) in [4.78, 5) is 30.1. The molecule has 1 amide bonds. The number of hydrogen-bond acceptors (Lipinski definition) is 6. The number of ether oxygens (including phenoxy) is 1. The SMILES string of the molecule is COC[C@H](C)N=C(NC(=O)c1ccc(F)c(F)c1)Nc1nn(C(=O)[C@@H](N)C(C)C)c2cc(C(F)(F)F)ccc12. The number of hydrogen-bond donors (Lipinski definition) is 3. The van der Waals surface area contributed by atoms with Crippen LogP contribution in [0.25, 0.3) is 10.9 Å². The number of aromatic nitrogens is 2. The number of benzene rings is 2. The van der Waals surface area contributed by atoms with Crippen molar-refractivity contribution >= 4 is 34.5 Å². The van der Waals surface area contributed by atoms with E-state index in [0.29, 0.717) is 6.07 Å². The summed E-state index contributed by atoms with van der Waals surface area (Å²) >= 11 is 0. The van der Waals surface area contributed by atoms with E-state index in [1.165, 1.54) is 7.11 Å². The van der Waals surface area contributed by atoms with Gasteiger partial charge in [-0.2, -0.15) is 17.9 Å². The number of rotatable bonds is 7. The molecule has 2 atom stereocenters. The lowest BCUT2D eigenvalue weighted by Crippen LogP contribution is -2.40. The van der Waals surface area contributed by atoms with E-state index in [1.807, 2.05) is 0 Å². The number of nitrogens with zero attached hydrogens (tertiary/aromatic N) is 3. The van der Waals surface area contributed by atoms with Gasteiger partial charge < -0.3 is 15.8 Å². The minimum Gasteiger partial charge on any atom is -0.382 e. The van der Waals surface area contributed by atoms with Gasteiger partial charge >= 0.3 is 6.18 Å². The van der Waals surface area contributed by atoms with Crippen LogP contribution in [0.3, 0.4) is 0 Å². The van der Waals surface area contributed by atoms with E-state index in [1.54, 1.807) is 20.8 Å². The van der Waals surface area contributed by atoms with Crippen LogP contribution in [0.15, 0.2) is 41.4 Å². The van der Waals surface area contributed by atoms with Crippen LogP contribution in [0.5, 0.6) is 0 Å². The Morgan fingerprint density at radius 2 is 1.79 bits per heavy atom. The quantitative estimate of drug-likeness (QED) is 0.229. The van der Waals surface area contributed by atoms with E-state index in [9.17, 15) is 31.5 Å². The highest BCUT2D eigenvalue weighted by molar-refractivity contribution is 6.12. The maximum absolute atomic E-state index is 13.7. The highest BCUT2D eigenvalue weighted by Crippen LogP contribution is 2.33. The number of nitrogens with two attached hydrogens (primary N) is 1. The van der Waals surface area contributed by atoms with Crippen molar-refractivity contribution in [3.05, 3.63) is 59.2 Å². The van der Waals surface area contributed by atoms with Crippen molar-refractivity contribution in [1.29, 1.82) is 0 Å². The number of halogens is 5. The summed E-state index contributed by atoms with van der Waals surface area (Å²) in [5, 5.41) is 9.39. The smallest absolute Gasteiger partial charge is 0.382 e. The molecule has 0 aliphatic carbocycles. The van der Waals surface area contributed by atoms with Crippen LogP contribution in [-0.2, 0) is 10.9 Å². The van der Waals surface area contributed by atoms with Gasteiger partial charge in [0.2, 0.25) is 5.96 Å². The van der Waals surface area contributed by atoms with Gasteiger partial charge in [-0.25, -0.2) is 13.8 Å². The van der Waals surface area contributed by atoms with E-state index < -0.39 is 47.3 Å². The van der Waals surface area contributed by atoms with Crippen molar-refractivity contribution in [2.75, 3.05) is 19.0 Å². The molecule has 0 saturated carbocycles. The average molecular weight is 555 g/mol. The fourth-order valence-corrected chi connectivity index (χ4v) is 3.50. The Kier molecular flexibility index (Phi) is 9.02. The lowest BCUT2D eigenvalue weighted by atomic mass is 10.0. The monoisotopic (exact) mass is 554 g/mol. The summed E-state index contributed by atoms with van der Waals surface area (Å²) in [5.74, 6) is -4.70. The van der Waals surface area contributed by atoms with Gasteiger partial charge in [-0.15, -0.1) is 5.10 Å². The average Bonchev–Trinajstić information content (AvgIpc) is 3.21. The number of aliphatic imine (C=N–C) groups is 1. The lowest BCUT2D eigenvalue weighted by Gasteiger charge is -2.14. The normalized spacial score (nSPS) is 14.0. The van der Waals surface area contributed by atoms with Gasteiger partial charge in [0, 0.05) is 18.1 Å². The van der Waals surface area contributed by atoms with Crippen LogP contribution in [0.4, 0.5) is 27.8 Å². The first kappa shape index (κ1) is 29.6. The Balaban J connectivity index is 2.09. The summed E-state index contributed by atoms with van der Waals surface area (Å²) in [5.41, 5.74) is 4.55. The highest BCUT2D eigenvalue weighted by atomic mass is 19.4. The molecule has 0 saturated heterocycles. The second-order valence-electron chi connectivity index (χ2n) is 9.09. The Morgan fingerprint density at radius 1 is 1.10 bits per heavy atom. The Bertz CT molecular complexity index is 1400. The summed E-state index contributed by atoms with van der Waals surface area (Å²) in [6, 6.07) is 3.61. The van der Waals surface area contributed by atoms with Crippen LogP contribution < -0.4 is 16.4 Å². The number of amides is 1. The molecule has 0 aliphatic rings. The fraction of sp³-hybridized carbons (Fsp3) is 0.360. The molecule has 0 spiro atoms. The largest absolute Gasteiger partial charge is 0.416 e. The maximum atomic E-state index is 13.7. The topological polar surface area (TPSA) is 124 Å². The molecule has 0 radical (unpaired) electrons. The first-order valence-corrected chi connectivity index (χ1v) is 11.7. The molecule has 4 N–H and O–H groups in total. The van der Waals surface area contributed by atoms with E-state index in [-0.39, 0.29) is 40.8 Å². The number of alkyl halides is 3. The van der Waals surface area contributed by atoms with Gasteiger partial charge in [0.15, 0.2) is 17.5 Å². The standard InChI is InChI=1S/C25H27F5N6O3/c1-12(2)20(31)23(38)36-19-10-15(25(28,29)30)6-7-16(19)21(35-36)33-24(32-13(3)11-39-4)34-22(37)14-5-8-17(26)18(27)9-14/h5-10,12-13,20H,11,31H2,1-4H3,(H2,32,33,34,35,37)/t13-,20-/m0/s1. The third-order valence-electron chi connectivity index (χ3n) is 5.63. The minimum atomic E-state index is -4.69. The third kappa shape index (κ3) is 6.95. The summed E-state index contributed by atoms with van der Waals surface area (Å²) in [6.45, 7) is 5.11. The molecule has 14 heteroatoms. The number of nitrogens with one attached hydrogen (secondary N) is 2. The first-order valence-electron chi connectivity index (χ1n) is 11.7. The molecule has 1 heterocycles. The molecule has 3 aromatic rings. The predicted octanol–water partition coefficient (Wildman–Crippen LogP) is 4.19. The molecule has 2 aromatic carbocycles. The van der Waals surface area contributed by atoms with Crippen LogP contribution >= 0.6 is 0 Å². The second-order valence-corrected chi connectivity index (χ2v) is 9.09. The first-order chi connectivity index (χ1) is 18.2. The zero-order chi connectivity index (χ0) is 29.1. The Hall–Kier alpha value is -3.91. The molecule has 0 fully saturated rings. The molecule has 0 aliphatic heterocycles. The van der Waals surface area contributed by atoms with Gasteiger partial charge in [-0.1, -0.05) is 13.8 Å². The molecule has 0 unspecified atom stereocenters. The van der Waals surface area contributed by atoms with Gasteiger partial charge in [-0.05, 0) is 49.2 Å². The summed E-state index contributed by atoms with van der Waals surface area (Å²) < 4.78 is 73.1. The maximum Gasteiger partial charge on any atom is 0.416 e. The van der Waals surface area contributed by atoms with Crippen molar-refractivity contribution in [3.63, 3.8) is 0 Å². The van der Waals surface area contributed by atoms with Crippen molar-refractivity contribution in [3.8, 4) is 0 Å². The number of carbonyl (C=O) groups excluding carboxylic acids is 2. The number of methoxy groups -OCH3 is 1. The van der Waals surface area contributed by atoms with E-state index in [4.69, 9.17) is 10.5 Å². The van der Waals surface area contributed by atoms with Crippen molar-refractivity contribution in [2.24, 2.45) is 16.6 Å². The molecule has 39 heavy (non-hydrogen) atoms. The summed E-state index contributed by atoms with van der Waals surface area (Å²) in [7, 11) is 1.43. The predicted molar refractivity (Wildman–Crippen MR) is 134 cm³/mol. The van der Waals surface area contributed by atoms with E-state index >= 15 is 0 Å². The van der Waals surface area contributed by atoms with Gasteiger partial charge in [-0.3, -0.25) is 14.9 Å². The number of guanidine groups is 1. The Morgan fingerprint density at radius 3 is 2.38 bits per heavy atom. The van der Waals surface area contributed by atoms with Gasteiger partial charge in [0.25, 0.3) is 11.8 Å².